The van der Waals surface area contributed by atoms with Gasteiger partial charge in [0.2, 0.25) is 5.82 Å². The smallest absolute Gasteiger partial charge is 0.296 e. The van der Waals surface area contributed by atoms with Gasteiger partial charge in [0, 0.05) is 19.2 Å². The van der Waals surface area contributed by atoms with E-state index >= 15 is 0 Å². The third-order valence-electron chi connectivity index (χ3n) is 6.15. The van der Waals surface area contributed by atoms with Gasteiger partial charge in [0.05, 0.1) is 6.54 Å². The first-order valence-corrected chi connectivity index (χ1v) is 12.4. The molecule has 8 nitrogen and oxygen atoms in total. The molecule has 0 spiro atoms. The second-order valence-corrected chi connectivity index (χ2v) is 8.99. The van der Waals surface area contributed by atoms with Crippen LogP contribution in [0.5, 0.6) is 5.75 Å². The lowest BCUT2D eigenvalue weighted by molar-refractivity contribution is 0.101. The highest BCUT2D eigenvalue weighted by molar-refractivity contribution is 6.01. The minimum absolute atomic E-state index is 0.0406. The maximum absolute atomic E-state index is 13.9. The van der Waals surface area contributed by atoms with Crippen LogP contribution in [0.4, 0.5) is 14.6 Å². The van der Waals surface area contributed by atoms with E-state index in [2.05, 4.69) is 36.5 Å². The van der Waals surface area contributed by atoms with E-state index in [4.69, 9.17) is 4.74 Å². The molecule has 1 aliphatic heterocycles. The Morgan fingerprint density at radius 3 is 2.87 bits per heavy atom. The Morgan fingerprint density at radius 1 is 1.13 bits per heavy atom. The third-order valence-corrected chi connectivity index (χ3v) is 6.15. The highest BCUT2D eigenvalue weighted by atomic mass is 19.1. The fourth-order valence-electron chi connectivity index (χ4n) is 4.13. The van der Waals surface area contributed by atoms with Crippen LogP contribution in [0.1, 0.15) is 27.6 Å². The molecule has 0 atom stereocenters. The molecule has 2 aromatic carbocycles. The number of anilines is 1. The van der Waals surface area contributed by atoms with Crippen molar-refractivity contribution in [3.05, 3.63) is 114 Å². The molecule has 39 heavy (non-hydrogen) atoms. The van der Waals surface area contributed by atoms with Gasteiger partial charge in [0.1, 0.15) is 35.6 Å². The minimum atomic E-state index is -0.586. The van der Waals surface area contributed by atoms with Gasteiger partial charge in [-0.25, -0.2) is 18.7 Å². The Labute approximate surface area is 224 Å². The van der Waals surface area contributed by atoms with Crippen molar-refractivity contribution >= 4 is 11.7 Å². The topological polar surface area (TPSA) is 96.0 Å². The number of aromatic amines is 1. The average molecular weight is 529 g/mol. The van der Waals surface area contributed by atoms with Gasteiger partial charge in [0.15, 0.2) is 0 Å². The van der Waals surface area contributed by atoms with Crippen LogP contribution in [-0.4, -0.2) is 50.7 Å². The highest BCUT2D eigenvalue weighted by Crippen LogP contribution is 2.29. The van der Waals surface area contributed by atoms with Crippen LogP contribution >= 0.6 is 0 Å². The lowest BCUT2D eigenvalue weighted by Crippen LogP contribution is -2.24. The number of rotatable bonds is 9. The fourth-order valence-corrected chi connectivity index (χ4v) is 4.13. The predicted octanol–water partition coefficient (Wildman–Crippen LogP) is 5.06. The standard InChI is InChI=1S/C29H26F2N6O2/c1-19-5-7-23(39-14-13-37-11-3-2-4-12-37)18-24(19)20-9-10-32-26(16-20)34-29(38)28-33-27(35-36-28)17-21-15-22(30)6-8-25(21)31/h2-11,15-16,18H,12-14,17H2,1H3,(H,32,34,38)(H,33,35,36). The van der Waals surface area contributed by atoms with Gasteiger partial charge in [-0.1, -0.05) is 18.2 Å². The number of allylic oxidation sites excluding steroid dienone is 2. The van der Waals surface area contributed by atoms with E-state index in [1.54, 1.807) is 12.3 Å². The van der Waals surface area contributed by atoms with Gasteiger partial charge in [-0.3, -0.25) is 9.89 Å². The maximum atomic E-state index is 13.9. The van der Waals surface area contributed by atoms with E-state index < -0.39 is 17.5 Å². The minimum Gasteiger partial charge on any atom is -0.492 e. The summed E-state index contributed by atoms with van der Waals surface area (Å²) in [7, 11) is 0. The molecule has 2 N–H and O–H groups in total. The van der Waals surface area contributed by atoms with Gasteiger partial charge >= 0.3 is 0 Å². The van der Waals surface area contributed by atoms with Crippen molar-refractivity contribution in [1.82, 2.24) is 25.1 Å². The molecule has 0 fully saturated rings. The Bertz CT molecular complexity index is 1550. The van der Waals surface area contributed by atoms with E-state index in [-0.39, 0.29) is 23.6 Å². The Morgan fingerprint density at radius 2 is 2.03 bits per heavy atom. The zero-order chi connectivity index (χ0) is 27.2. The van der Waals surface area contributed by atoms with Crippen molar-refractivity contribution < 1.29 is 18.3 Å². The van der Waals surface area contributed by atoms with Crippen LogP contribution in [0.3, 0.4) is 0 Å². The van der Waals surface area contributed by atoms with Crippen LogP contribution in [0.25, 0.3) is 11.1 Å². The second-order valence-electron chi connectivity index (χ2n) is 8.99. The monoisotopic (exact) mass is 528 g/mol. The van der Waals surface area contributed by atoms with Gasteiger partial charge in [-0.05, 0) is 83.9 Å². The van der Waals surface area contributed by atoms with Crippen LogP contribution in [0, 0.1) is 18.6 Å². The average Bonchev–Trinajstić information content (AvgIpc) is 3.41. The van der Waals surface area contributed by atoms with Crippen molar-refractivity contribution in [2.45, 2.75) is 13.3 Å². The molecule has 3 heterocycles. The number of aryl methyl sites for hydroxylation is 1. The molecule has 0 saturated carbocycles. The molecule has 0 unspecified atom stereocenters. The summed E-state index contributed by atoms with van der Waals surface area (Å²) in [6.07, 6.45) is 9.72. The molecular formula is C29H26F2N6O2. The van der Waals surface area contributed by atoms with Crippen molar-refractivity contribution in [3.8, 4) is 16.9 Å². The molecular weight excluding hydrogens is 502 g/mol. The molecule has 0 aliphatic carbocycles. The van der Waals surface area contributed by atoms with E-state index in [0.29, 0.717) is 12.4 Å². The normalized spacial score (nSPS) is 12.5. The molecule has 1 aliphatic rings. The summed E-state index contributed by atoms with van der Waals surface area (Å²) in [6.45, 7) is 4.18. The van der Waals surface area contributed by atoms with Crippen LogP contribution in [0.15, 0.2) is 79.2 Å². The molecule has 198 valence electrons. The summed E-state index contributed by atoms with van der Waals surface area (Å²) in [5, 5.41) is 9.20. The van der Waals surface area contributed by atoms with Crippen LogP contribution in [0.2, 0.25) is 0 Å². The SMILES string of the molecule is Cc1ccc(OCCN2C=CC=CC2)cc1-c1ccnc(NC(=O)c2n[nH]c(Cc3cc(F)ccc3F)n2)c1. The summed E-state index contributed by atoms with van der Waals surface area (Å²) < 4.78 is 33.4. The highest BCUT2D eigenvalue weighted by Gasteiger charge is 2.16. The maximum Gasteiger partial charge on any atom is 0.296 e. The molecule has 1 amide bonds. The molecule has 2 aromatic heterocycles. The number of amides is 1. The quantitative estimate of drug-likeness (QED) is 0.315. The summed E-state index contributed by atoms with van der Waals surface area (Å²) in [5.41, 5.74) is 2.95. The number of carbonyl (C=O) groups excluding carboxylic acids is 1. The number of pyridine rings is 1. The number of hydrogen-bond acceptors (Lipinski definition) is 6. The number of hydrogen-bond donors (Lipinski definition) is 2. The zero-order valence-electron chi connectivity index (χ0n) is 21.2. The lowest BCUT2D eigenvalue weighted by Gasteiger charge is -2.20. The predicted molar refractivity (Wildman–Crippen MR) is 143 cm³/mol. The second kappa shape index (κ2) is 11.7. The van der Waals surface area contributed by atoms with Gasteiger partial charge in [-0.15, -0.1) is 5.10 Å². The van der Waals surface area contributed by atoms with Crippen molar-refractivity contribution in [2.75, 3.05) is 25.0 Å². The Hall–Kier alpha value is -4.86. The summed E-state index contributed by atoms with van der Waals surface area (Å²) >= 11 is 0. The van der Waals surface area contributed by atoms with E-state index in [1.165, 1.54) is 0 Å². The largest absolute Gasteiger partial charge is 0.492 e. The zero-order valence-corrected chi connectivity index (χ0v) is 21.2. The molecule has 0 radical (unpaired) electrons. The summed E-state index contributed by atoms with van der Waals surface area (Å²) in [6, 6.07) is 12.7. The van der Waals surface area contributed by atoms with E-state index in [9.17, 15) is 13.6 Å². The van der Waals surface area contributed by atoms with E-state index in [1.807, 2.05) is 49.5 Å². The first kappa shape index (κ1) is 25.8. The molecule has 5 rings (SSSR count). The number of halogens is 2. The Kier molecular flexibility index (Phi) is 7.72. The number of ether oxygens (including phenoxy) is 1. The summed E-state index contributed by atoms with van der Waals surface area (Å²) in [5.74, 6) is -0.562. The molecule has 0 saturated heterocycles. The molecule has 10 heteroatoms. The van der Waals surface area contributed by atoms with Crippen LogP contribution in [-0.2, 0) is 6.42 Å². The molecule has 0 bridgehead atoms. The first-order valence-electron chi connectivity index (χ1n) is 12.4. The number of benzene rings is 2. The fraction of sp³-hybridized carbons (Fsp3) is 0.172. The number of aromatic nitrogens is 4. The number of H-pyrrole nitrogens is 1. The number of nitrogens with one attached hydrogen (secondary N) is 2. The Balaban J connectivity index is 1.24. The van der Waals surface area contributed by atoms with Gasteiger partial charge in [0.25, 0.3) is 5.91 Å². The van der Waals surface area contributed by atoms with Gasteiger partial charge in [-0.2, -0.15) is 0 Å². The van der Waals surface area contributed by atoms with Crippen molar-refractivity contribution in [3.63, 3.8) is 0 Å². The van der Waals surface area contributed by atoms with Crippen molar-refractivity contribution in [2.24, 2.45) is 0 Å². The molecule has 4 aromatic rings. The van der Waals surface area contributed by atoms with E-state index in [0.717, 1.165) is 53.7 Å². The lowest BCUT2D eigenvalue weighted by atomic mass is 10.0. The first-order chi connectivity index (χ1) is 18.9. The van der Waals surface area contributed by atoms with Crippen LogP contribution < -0.4 is 10.1 Å². The number of carbonyl (C=O) groups is 1. The van der Waals surface area contributed by atoms with Crippen molar-refractivity contribution in [1.29, 1.82) is 0 Å². The third kappa shape index (κ3) is 6.53. The summed E-state index contributed by atoms with van der Waals surface area (Å²) in [4.78, 5) is 23.3. The van der Waals surface area contributed by atoms with Gasteiger partial charge < -0.3 is 15.0 Å². The number of nitrogens with zero attached hydrogens (tertiary/aromatic N) is 4.